The number of carbonyl (C=O) groups is 1. The summed E-state index contributed by atoms with van der Waals surface area (Å²) >= 11 is 6.08. The Bertz CT molecular complexity index is 1050. The highest BCUT2D eigenvalue weighted by Crippen LogP contribution is 2.40. The van der Waals surface area contributed by atoms with E-state index in [0.717, 1.165) is 33.7 Å². The molecule has 0 bridgehead atoms. The lowest BCUT2D eigenvalue weighted by Crippen LogP contribution is -2.24. The molecule has 1 aliphatic rings. The Balaban J connectivity index is 1.92. The highest BCUT2D eigenvalue weighted by molar-refractivity contribution is 6.30. The molecule has 2 heterocycles. The molecule has 1 aliphatic heterocycles. The summed E-state index contributed by atoms with van der Waals surface area (Å²) in [7, 11) is 0. The summed E-state index contributed by atoms with van der Waals surface area (Å²) in [6.45, 7) is 4.38. The Morgan fingerprint density at radius 2 is 1.86 bits per heavy atom. The number of fused-ring (bicyclic) bond motifs is 3. The zero-order valence-electron chi connectivity index (χ0n) is 15.7. The molecule has 1 atom stereocenters. The Morgan fingerprint density at radius 3 is 2.57 bits per heavy atom. The average Bonchev–Trinajstić information content (AvgIpc) is 3.01. The molecule has 0 fully saturated rings. The molecule has 1 amide bonds. The van der Waals surface area contributed by atoms with Gasteiger partial charge < -0.3 is 9.84 Å². The third kappa shape index (κ3) is 3.34. The van der Waals surface area contributed by atoms with Gasteiger partial charge in [-0.15, -0.1) is 0 Å². The highest BCUT2D eigenvalue weighted by atomic mass is 35.5. The van der Waals surface area contributed by atoms with Crippen LogP contribution in [-0.4, -0.2) is 23.3 Å². The van der Waals surface area contributed by atoms with Crippen molar-refractivity contribution in [3.05, 3.63) is 76.1 Å². The maximum Gasteiger partial charge on any atom is 0.222 e. The number of nitrogens with zero attached hydrogens (tertiary/aromatic N) is 2. The Hall–Kier alpha value is -2.92. The van der Waals surface area contributed by atoms with Gasteiger partial charge in [-0.2, -0.15) is 0 Å². The van der Waals surface area contributed by atoms with Crippen LogP contribution in [0.1, 0.15) is 42.0 Å². The summed E-state index contributed by atoms with van der Waals surface area (Å²) in [6, 6.07) is 15.2. The topological polar surface area (TPSA) is 67.5 Å². The van der Waals surface area contributed by atoms with Gasteiger partial charge in [0.1, 0.15) is 6.04 Å². The summed E-state index contributed by atoms with van der Waals surface area (Å²) in [6.07, 6.45) is 0.195. The minimum absolute atomic E-state index is 0.0716. The second kappa shape index (κ2) is 7.60. The number of aryl methyl sites for hydroxylation is 1. The van der Waals surface area contributed by atoms with E-state index >= 15 is 0 Å². The molecular weight excluding hydrogens is 374 g/mol. The number of rotatable bonds is 4. The van der Waals surface area contributed by atoms with E-state index < -0.39 is 6.04 Å². The van der Waals surface area contributed by atoms with Gasteiger partial charge in [0.15, 0.2) is 5.76 Å². The number of halogens is 1. The molecule has 3 aromatic rings. The van der Waals surface area contributed by atoms with Crippen molar-refractivity contribution in [1.29, 1.82) is 0 Å². The van der Waals surface area contributed by atoms with Gasteiger partial charge in [0.05, 0.1) is 23.4 Å². The van der Waals surface area contributed by atoms with Gasteiger partial charge in [0.2, 0.25) is 5.91 Å². The van der Waals surface area contributed by atoms with Gasteiger partial charge in [-0.05, 0) is 31.5 Å². The van der Waals surface area contributed by atoms with Crippen LogP contribution >= 0.6 is 11.6 Å². The Morgan fingerprint density at radius 1 is 1.14 bits per heavy atom. The van der Waals surface area contributed by atoms with Crippen LogP contribution in [0.2, 0.25) is 5.02 Å². The summed E-state index contributed by atoms with van der Waals surface area (Å²) in [5.74, 6) is 0.554. The van der Waals surface area contributed by atoms with Gasteiger partial charge in [0.25, 0.3) is 0 Å². The van der Waals surface area contributed by atoms with Crippen molar-refractivity contribution >= 4 is 23.2 Å². The van der Waals surface area contributed by atoms with Crippen molar-refractivity contribution in [3.8, 4) is 11.1 Å². The first-order chi connectivity index (χ1) is 13.6. The van der Waals surface area contributed by atoms with Gasteiger partial charge in [0, 0.05) is 22.7 Å². The molecule has 4 rings (SSSR count). The van der Waals surface area contributed by atoms with Crippen molar-refractivity contribution in [3.63, 3.8) is 0 Å². The standard InChI is InChI=1S/C22H20ClN3O2/c1-3-24-19(27)12-18-22-20(13(2)26-28-22)16-6-4-5-7-17(16)21(25-18)14-8-10-15(23)11-9-14/h4-11,18H,3,12H2,1-2H3,(H,24,27). The summed E-state index contributed by atoms with van der Waals surface area (Å²) < 4.78 is 5.66. The van der Waals surface area contributed by atoms with Crippen molar-refractivity contribution in [2.45, 2.75) is 26.3 Å². The molecule has 0 spiro atoms. The lowest BCUT2D eigenvalue weighted by atomic mass is 9.93. The minimum Gasteiger partial charge on any atom is -0.358 e. The van der Waals surface area contributed by atoms with Crippen LogP contribution in [0, 0.1) is 6.92 Å². The number of amides is 1. The monoisotopic (exact) mass is 393 g/mol. The number of aliphatic imine (C=N–C) groups is 1. The van der Waals surface area contributed by atoms with Crippen LogP contribution < -0.4 is 5.32 Å². The maximum absolute atomic E-state index is 12.3. The molecule has 28 heavy (non-hydrogen) atoms. The van der Waals surface area contributed by atoms with Gasteiger partial charge in [-0.1, -0.05) is 53.2 Å². The Labute approximate surface area is 168 Å². The third-order valence-electron chi connectivity index (χ3n) is 4.80. The van der Waals surface area contributed by atoms with Crippen LogP contribution in [0.25, 0.3) is 11.1 Å². The van der Waals surface area contributed by atoms with Crippen LogP contribution in [0.15, 0.2) is 58.0 Å². The first kappa shape index (κ1) is 18.4. The molecule has 5 nitrogen and oxygen atoms in total. The van der Waals surface area contributed by atoms with Crippen LogP contribution in [0.4, 0.5) is 0 Å². The first-order valence-corrected chi connectivity index (χ1v) is 9.62. The van der Waals surface area contributed by atoms with Gasteiger partial charge in [-0.3, -0.25) is 9.79 Å². The number of carbonyl (C=O) groups excluding carboxylic acids is 1. The molecule has 0 saturated heterocycles. The normalized spacial score (nSPS) is 15.2. The lowest BCUT2D eigenvalue weighted by molar-refractivity contribution is -0.121. The summed E-state index contributed by atoms with van der Waals surface area (Å²) in [4.78, 5) is 17.3. The molecule has 2 aromatic carbocycles. The zero-order valence-corrected chi connectivity index (χ0v) is 16.5. The van der Waals surface area contributed by atoms with E-state index in [4.69, 9.17) is 21.1 Å². The fourth-order valence-corrected chi connectivity index (χ4v) is 3.68. The molecule has 0 radical (unpaired) electrons. The lowest BCUT2D eigenvalue weighted by Gasteiger charge is -2.12. The van der Waals surface area contributed by atoms with Crippen LogP contribution in [0.5, 0.6) is 0 Å². The number of nitrogens with one attached hydrogen (secondary N) is 1. The van der Waals surface area contributed by atoms with Crippen molar-refractivity contribution in [2.75, 3.05) is 6.54 Å². The molecule has 0 saturated carbocycles. The minimum atomic E-state index is -0.458. The van der Waals surface area contributed by atoms with Crippen LogP contribution in [-0.2, 0) is 4.79 Å². The largest absolute Gasteiger partial charge is 0.358 e. The number of hydrogen-bond acceptors (Lipinski definition) is 4. The van der Waals surface area contributed by atoms with Crippen molar-refractivity contribution in [2.24, 2.45) is 4.99 Å². The van der Waals surface area contributed by atoms with Crippen molar-refractivity contribution in [1.82, 2.24) is 10.5 Å². The predicted molar refractivity (Wildman–Crippen MR) is 110 cm³/mol. The number of aromatic nitrogens is 1. The second-order valence-corrected chi connectivity index (χ2v) is 7.15. The molecule has 0 aliphatic carbocycles. The predicted octanol–water partition coefficient (Wildman–Crippen LogP) is 4.72. The third-order valence-corrected chi connectivity index (χ3v) is 5.05. The quantitative estimate of drug-likeness (QED) is 0.697. The van der Waals surface area contributed by atoms with E-state index in [1.54, 1.807) is 0 Å². The van der Waals surface area contributed by atoms with E-state index in [2.05, 4.69) is 10.5 Å². The van der Waals surface area contributed by atoms with Gasteiger partial charge >= 0.3 is 0 Å². The number of hydrogen-bond donors (Lipinski definition) is 1. The summed E-state index contributed by atoms with van der Waals surface area (Å²) in [5.41, 5.74) is 5.44. The average molecular weight is 394 g/mol. The molecule has 142 valence electrons. The van der Waals surface area contributed by atoms with E-state index in [9.17, 15) is 4.79 Å². The molecular formula is C22H20ClN3O2. The van der Waals surface area contributed by atoms with Gasteiger partial charge in [-0.25, -0.2) is 0 Å². The molecule has 1 aromatic heterocycles. The van der Waals surface area contributed by atoms with Crippen LogP contribution in [0.3, 0.4) is 0 Å². The molecule has 1 unspecified atom stereocenters. The number of benzene rings is 2. The fraction of sp³-hybridized carbons (Fsp3) is 0.227. The van der Waals surface area contributed by atoms with E-state index in [-0.39, 0.29) is 12.3 Å². The highest BCUT2D eigenvalue weighted by Gasteiger charge is 2.31. The Kier molecular flexibility index (Phi) is 5.01. The van der Waals surface area contributed by atoms with E-state index in [1.807, 2.05) is 62.4 Å². The first-order valence-electron chi connectivity index (χ1n) is 9.25. The van der Waals surface area contributed by atoms with E-state index in [0.29, 0.717) is 17.3 Å². The molecule has 6 heteroatoms. The zero-order chi connectivity index (χ0) is 19.7. The SMILES string of the molecule is CCNC(=O)CC1N=C(c2ccc(Cl)cc2)c2ccccc2-c2c(C)noc21. The maximum atomic E-state index is 12.3. The fourth-order valence-electron chi connectivity index (χ4n) is 3.56. The second-order valence-electron chi connectivity index (χ2n) is 6.71. The van der Waals surface area contributed by atoms with Crippen molar-refractivity contribution < 1.29 is 9.32 Å². The molecule has 1 N–H and O–H groups in total. The smallest absolute Gasteiger partial charge is 0.222 e. The summed E-state index contributed by atoms with van der Waals surface area (Å²) in [5, 5.41) is 7.67. The van der Waals surface area contributed by atoms with E-state index in [1.165, 1.54) is 0 Å².